The Kier molecular flexibility index (Phi) is 4.97. The Morgan fingerprint density at radius 1 is 1.24 bits per heavy atom. The lowest BCUT2D eigenvalue weighted by Crippen LogP contribution is -2.20. The van der Waals surface area contributed by atoms with Gasteiger partial charge < -0.3 is 9.30 Å². The highest BCUT2D eigenvalue weighted by Crippen LogP contribution is 2.27. The number of esters is 1. The average Bonchev–Trinajstić information content (AvgIpc) is 2.56. The molecule has 0 radical (unpaired) electrons. The highest BCUT2D eigenvalue weighted by Gasteiger charge is 2.18. The topological polar surface area (TPSA) is 48.3 Å². The molecule has 0 saturated carbocycles. The van der Waals surface area contributed by atoms with Gasteiger partial charge in [0.05, 0.1) is 17.8 Å². The van der Waals surface area contributed by atoms with Gasteiger partial charge in [-0.3, -0.25) is 4.79 Å². The van der Waals surface area contributed by atoms with Gasteiger partial charge in [0.15, 0.2) is 0 Å². The monoisotopic (exact) mass is 419 g/mol. The van der Waals surface area contributed by atoms with Crippen LogP contribution in [0, 0.1) is 6.92 Å². The summed E-state index contributed by atoms with van der Waals surface area (Å²) in [6, 6.07) is 10.9. The van der Waals surface area contributed by atoms with Crippen LogP contribution in [0.4, 0.5) is 0 Å². The number of hydrogen-bond donors (Lipinski definition) is 0. The molecule has 3 rings (SSSR count). The van der Waals surface area contributed by atoms with Crippen molar-refractivity contribution in [2.45, 2.75) is 13.8 Å². The second kappa shape index (κ2) is 7.02. The Morgan fingerprint density at radius 3 is 2.68 bits per heavy atom. The first-order valence-electron chi connectivity index (χ1n) is 7.71. The van der Waals surface area contributed by atoms with E-state index in [0.717, 1.165) is 15.7 Å². The summed E-state index contributed by atoms with van der Waals surface area (Å²) in [6.45, 7) is 3.88. The van der Waals surface area contributed by atoms with Crippen LogP contribution in [-0.4, -0.2) is 17.1 Å². The van der Waals surface area contributed by atoms with E-state index < -0.39 is 11.4 Å². The van der Waals surface area contributed by atoms with Crippen LogP contribution < -0.4 is 5.43 Å². The number of hydrogen-bond acceptors (Lipinski definition) is 3. The lowest BCUT2D eigenvalue weighted by atomic mass is 10.1. The Hall–Kier alpha value is -2.11. The molecule has 0 unspecified atom stereocenters. The second-order valence-electron chi connectivity index (χ2n) is 5.58. The number of halogens is 2. The van der Waals surface area contributed by atoms with Crippen LogP contribution in [0.1, 0.15) is 22.8 Å². The molecule has 0 amide bonds. The van der Waals surface area contributed by atoms with Gasteiger partial charge in [-0.25, -0.2) is 4.79 Å². The van der Waals surface area contributed by atoms with Gasteiger partial charge in [0.2, 0.25) is 5.43 Å². The van der Waals surface area contributed by atoms with E-state index in [9.17, 15) is 9.59 Å². The summed E-state index contributed by atoms with van der Waals surface area (Å²) >= 11 is 9.61. The summed E-state index contributed by atoms with van der Waals surface area (Å²) in [6.07, 6.45) is 1.52. The molecule has 1 heterocycles. The van der Waals surface area contributed by atoms with E-state index in [-0.39, 0.29) is 12.2 Å². The van der Waals surface area contributed by atoms with E-state index in [1.807, 2.05) is 25.1 Å². The number of fused-ring (bicyclic) bond motifs is 1. The maximum Gasteiger partial charge on any atom is 0.343 e. The van der Waals surface area contributed by atoms with Crippen molar-refractivity contribution in [1.29, 1.82) is 0 Å². The maximum atomic E-state index is 12.7. The van der Waals surface area contributed by atoms with E-state index in [2.05, 4.69) is 15.9 Å². The van der Waals surface area contributed by atoms with Crippen molar-refractivity contribution in [3.05, 3.63) is 73.4 Å². The Labute approximate surface area is 158 Å². The molecule has 0 bridgehead atoms. The van der Waals surface area contributed by atoms with Crippen molar-refractivity contribution >= 4 is 44.4 Å². The number of benzene rings is 2. The summed E-state index contributed by atoms with van der Waals surface area (Å²) < 4.78 is 7.67. The molecule has 0 aliphatic carbocycles. The number of pyridine rings is 1. The number of rotatable bonds is 3. The van der Waals surface area contributed by atoms with Crippen molar-refractivity contribution < 1.29 is 9.53 Å². The fourth-order valence-electron chi connectivity index (χ4n) is 2.66. The number of ether oxygens (including phenoxy) is 1. The molecule has 0 fully saturated rings. The van der Waals surface area contributed by atoms with Gasteiger partial charge in [0, 0.05) is 21.1 Å². The molecule has 25 heavy (non-hydrogen) atoms. The van der Waals surface area contributed by atoms with Crippen LogP contribution >= 0.6 is 27.5 Å². The van der Waals surface area contributed by atoms with Gasteiger partial charge in [0.25, 0.3) is 0 Å². The highest BCUT2D eigenvalue weighted by molar-refractivity contribution is 9.10. The highest BCUT2D eigenvalue weighted by atomic mass is 79.9. The van der Waals surface area contributed by atoms with Crippen LogP contribution in [0.5, 0.6) is 0 Å². The van der Waals surface area contributed by atoms with Crippen LogP contribution in [-0.2, 0) is 4.74 Å². The standard InChI is InChI=1S/C19H15BrClNO3/c1-3-25-19(24)14-10-22(17-6-4-11(2)8-15(17)20)16-7-5-12(21)9-13(16)18(14)23/h4-10H,3H2,1-2H3. The van der Waals surface area contributed by atoms with Crippen molar-refractivity contribution in [3.63, 3.8) is 0 Å². The summed E-state index contributed by atoms with van der Waals surface area (Å²) in [4.78, 5) is 25.0. The van der Waals surface area contributed by atoms with Crippen LogP contribution in [0.2, 0.25) is 5.02 Å². The molecular formula is C19H15BrClNO3. The maximum absolute atomic E-state index is 12.7. The first-order valence-corrected chi connectivity index (χ1v) is 8.88. The normalized spacial score (nSPS) is 10.9. The molecule has 0 N–H and O–H groups in total. The van der Waals surface area contributed by atoms with E-state index in [0.29, 0.717) is 15.9 Å². The molecule has 4 nitrogen and oxygen atoms in total. The predicted octanol–water partition coefficient (Wildman–Crippen LogP) is 4.89. The third-order valence-electron chi connectivity index (χ3n) is 3.82. The van der Waals surface area contributed by atoms with Gasteiger partial charge in [0.1, 0.15) is 5.56 Å². The molecule has 128 valence electrons. The van der Waals surface area contributed by atoms with Crippen LogP contribution in [0.3, 0.4) is 0 Å². The zero-order valence-corrected chi connectivity index (χ0v) is 16.0. The minimum Gasteiger partial charge on any atom is -0.462 e. The molecule has 0 spiro atoms. The molecule has 2 aromatic carbocycles. The number of nitrogens with zero attached hydrogens (tertiary/aromatic N) is 1. The van der Waals surface area contributed by atoms with E-state index in [1.165, 1.54) is 6.20 Å². The smallest absolute Gasteiger partial charge is 0.343 e. The van der Waals surface area contributed by atoms with Crippen molar-refractivity contribution in [2.24, 2.45) is 0 Å². The Balaban J connectivity index is 2.39. The summed E-state index contributed by atoms with van der Waals surface area (Å²) in [5, 5.41) is 0.797. The average molecular weight is 421 g/mol. The fourth-order valence-corrected chi connectivity index (χ4v) is 3.52. The fraction of sp³-hybridized carbons (Fsp3) is 0.158. The second-order valence-corrected chi connectivity index (χ2v) is 6.87. The van der Waals surface area contributed by atoms with Crippen LogP contribution in [0.15, 0.2) is 51.9 Å². The summed E-state index contributed by atoms with van der Waals surface area (Å²) in [5.74, 6) is -0.647. The van der Waals surface area contributed by atoms with E-state index in [1.54, 1.807) is 29.7 Å². The first kappa shape index (κ1) is 17.7. The molecule has 0 saturated heterocycles. The molecule has 0 aliphatic heterocycles. The number of carbonyl (C=O) groups is 1. The first-order chi connectivity index (χ1) is 11.9. The Morgan fingerprint density at radius 2 is 2.00 bits per heavy atom. The zero-order valence-electron chi connectivity index (χ0n) is 13.7. The third-order valence-corrected chi connectivity index (χ3v) is 4.69. The minimum absolute atomic E-state index is 0.0240. The predicted molar refractivity (Wildman–Crippen MR) is 103 cm³/mol. The van der Waals surface area contributed by atoms with Crippen molar-refractivity contribution in [1.82, 2.24) is 4.57 Å². The van der Waals surface area contributed by atoms with Gasteiger partial charge in [-0.05, 0) is 65.7 Å². The molecule has 6 heteroatoms. The third kappa shape index (κ3) is 3.34. The molecule has 3 aromatic rings. The Bertz CT molecular complexity index is 1040. The lowest BCUT2D eigenvalue weighted by molar-refractivity contribution is 0.0524. The SMILES string of the molecule is CCOC(=O)c1cn(-c2ccc(C)cc2Br)c2ccc(Cl)cc2c1=O. The molecular weight excluding hydrogens is 406 g/mol. The summed E-state index contributed by atoms with van der Waals surface area (Å²) in [7, 11) is 0. The van der Waals surface area contributed by atoms with Gasteiger partial charge in [-0.1, -0.05) is 17.7 Å². The van der Waals surface area contributed by atoms with Gasteiger partial charge in [-0.2, -0.15) is 0 Å². The van der Waals surface area contributed by atoms with Crippen LogP contribution in [0.25, 0.3) is 16.6 Å². The molecule has 0 atom stereocenters. The van der Waals surface area contributed by atoms with Crippen molar-refractivity contribution in [2.75, 3.05) is 6.61 Å². The van der Waals surface area contributed by atoms with E-state index >= 15 is 0 Å². The quantitative estimate of drug-likeness (QED) is 0.567. The van der Waals surface area contributed by atoms with Gasteiger partial charge in [-0.15, -0.1) is 0 Å². The number of aryl methyl sites for hydroxylation is 1. The zero-order chi connectivity index (χ0) is 18.1. The van der Waals surface area contributed by atoms with E-state index in [4.69, 9.17) is 16.3 Å². The number of carbonyl (C=O) groups excluding carboxylic acids is 1. The largest absolute Gasteiger partial charge is 0.462 e. The molecule has 1 aromatic heterocycles. The number of aromatic nitrogens is 1. The molecule has 0 aliphatic rings. The van der Waals surface area contributed by atoms with Gasteiger partial charge >= 0.3 is 5.97 Å². The minimum atomic E-state index is -0.647. The van der Waals surface area contributed by atoms with Crippen molar-refractivity contribution in [3.8, 4) is 5.69 Å². The summed E-state index contributed by atoms with van der Waals surface area (Å²) in [5.41, 5.74) is 2.14. The lowest BCUT2D eigenvalue weighted by Gasteiger charge is -2.15.